The second-order valence-corrected chi connectivity index (χ2v) is 7.11. The minimum Gasteiger partial charge on any atom is -0.269 e. The third kappa shape index (κ3) is 2.94. The fourth-order valence-corrected chi connectivity index (χ4v) is 3.95. The Morgan fingerprint density at radius 3 is 2.42 bits per heavy atom. The van der Waals surface area contributed by atoms with E-state index in [9.17, 15) is 8.42 Å². The molecule has 0 saturated carbocycles. The zero-order valence-electron chi connectivity index (χ0n) is 10.0. The first kappa shape index (κ1) is 14.4. The molecule has 0 amide bonds. The molecule has 0 N–H and O–H groups in total. The average molecular weight is 361 g/mol. The molecule has 3 nitrogen and oxygen atoms in total. The third-order valence-corrected chi connectivity index (χ3v) is 5.68. The minimum absolute atomic E-state index is 0.220. The highest BCUT2D eigenvalue weighted by atomic mass is 79.9. The summed E-state index contributed by atoms with van der Waals surface area (Å²) < 4.78 is 26.8. The maximum atomic E-state index is 12.5. The predicted octanol–water partition coefficient (Wildman–Crippen LogP) is 3.93. The number of hydrogen-bond donors (Lipinski definition) is 0. The van der Waals surface area contributed by atoms with Crippen molar-refractivity contribution in [3.8, 4) is 0 Å². The first-order valence-electron chi connectivity index (χ1n) is 5.42. The van der Waals surface area contributed by atoms with Crippen LogP contribution in [0.5, 0.6) is 0 Å². The van der Waals surface area contributed by atoms with Crippen molar-refractivity contribution in [1.82, 2.24) is 0 Å². The lowest BCUT2D eigenvalue weighted by atomic mass is 10.3. The van der Waals surface area contributed by atoms with Gasteiger partial charge in [-0.05, 0) is 46.3 Å². The van der Waals surface area contributed by atoms with Crippen LogP contribution >= 0.6 is 27.5 Å². The lowest BCUT2D eigenvalue weighted by Gasteiger charge is -2.20. The molecule has 0 radical (unpaired) electrons. The van der Waals surface area contributed by atoms with Crippen molar-refractivity contribution < 1.29 is 8.42 Å². The van der Waals surface area contributed by atoms with Crippen molar-refractivity contribution in [3.63, 3.8) is 0 Å². The summed E-state index contributed by atoms with van der Waals surface area (Å²) in [7, 11) is -2.11. The minimum atomic E-state index is -3.61. The van der Waals surface area contributed by atoms with E-state index in [1.54, 1.807) is 48.5 Å². The van der Waals surface area contributed by atoms with Gasteiger partial charge in [0.05, 0.1) is 5.69 Å². The predicted molar refractivity (Wildman–Crippen MR) is 81.2 cm³/mol. The van der Waals surface area contributed by atoms with Crippen LogP contribution in [0.3, 0.4) is 0 Å². The van der Waals surface area contributed by atoms with Crippen molar-refractivity contribution in [1.29, 1.82) is 0 Å². The number of anilines is 1. The number of rotatable bonds is 3. The molecule has 0 bridgehead atoms. The average Bonchev–Trinajstić information content (AvgIpc) is 2.38. The van der Waals surface area contributed by atoms with Crippen LogP contribution in [0.1, 0.15) is 0 Å². The van der Waals surface area contributed by atoms with Crippen molar-refractivity contribution in [2.24, 2.45) is 0 Å². The second kappa shape index (κ2) is 5.53. The van der Waals surface area contributed by atoms with Crippen molar-refractivity contribution in [2.75, 3.05) is 11.4 Å². The Bertz CT molecular complexity index is 703. The first-order chi connectivity index (χ1) is 8.93. The highest BCUT2D eigenvalue weighted by Crippen LogP contribution is 2.28. The molecule has 0 aliphatic carbocycles. The van der Waals surface area contributed by atoms with Crippen LogP contribution in [0.2, 0.25) is 5.02 Å². The molecule has 2 rings (SSSR count). The highest BCUT2D eigenvalue weighted by molar-refractivity contribution is 9.10. The zero-order valence-corrected chi connectivity index (χ0v) is 13.2. The molecule has 0 saturated heterocycles. The van der Waals surface area contributed by atoms with E-state index in [1.165, 1.54) is 11.4 Å². The Hall–Kier alpha value is -1.04. The monoisotopic (exact) mass is 359 g/mol. The molecule has 0 spiro atoms. The van der Waals surface area contributed by atoms with E-state index in [0.29, 0.717) is 15.2 Å². The van der Waals surface area contributed by atoms with Gasteiger partial charge in [-0.2, -0.15) is 0 Å². The molecule has 2 aromatic carbocycles. The topological polar surface area (TPSA) is 37.4 Å². The Morgan fingerprint density at radius 2 is 1.79 bits per heavy atom. The number of hydrogen-bond acceptors (Lipinski definition) is 2. The van der Waals surface area contributed by atoms with Crippen LogP contribution in [0, 0.1) is 0 Å². The quantitative estimate of drug-likeness (QED) is 0.832. The summed E-state index contributed by atoms with van der Waals surface area (Å²) in [5.74, 6) is 0. The number of benzene rings is 2. The molecule has 0 heterocycles. The first-order valence-corrected chi connectivity index (χ1v) is 8.03. The van der Waals surface area contributed by atoms with E-state index in [2.05, 4.69) is 15.9 Å². The Labute approximate surface area is 126 Å². The van der Waals surface area contributed by atoms with Crippen molar-refractivity contribution in [2.45, 2.75) is 4.90 Å². The van der Waals surface area contributed by atoms with Gasteiger partial charge < -0.3 is 0 Å². The molecule has 100 valence electrons. The van der Waals surface area contributed by atoms with Gasteiger partial charge in [0.1, 0.15) is 4.90 Å². The summed E-state index contributed by atoms with van der Waals surface area (Å²) in [4.78, 5) is 0.220. The van der Waals surface area contributed by atoms with Gasteiger partial charge in [-0.1, -0.05) is 29.8 Å². The SMILES string of the molecule is CN(c1cccc(Cl)c1)S(=O)(=O)c1ccccc1Br. The number of sulfonamides is 1. The molecule has 0 atom stereocenters. The molecule has 0 fully saturated rings. The number of nitrogens with zero attached hydrogens (tertiary/aromatic N) is 1. The van der Waals surface area contributed by atoms with Crippen LogP contribution in [-0.4, -0.2) is 15.5 Å². The molecular weight excluding hydrogens is 350 g/mol. The van der Waals surface area contributed by atoms with Gasteiger partial charge in [-0.25, -0.2) is 8.42 Å². The summed E-state index contributed by atoms with van der Waals surface area (Å²) in [5, 5.41) is 0.492. The third-order valence-electron chi connectivity index (χ3n) is 2.65. The fraction of sp³-hybridized carbons (Fsp3) is 0.0769. The van der Waals surface area contributed by atoms with Crippen molar-refractivity contribution in [3.05, 3.63) is 58.0 Å². The molecule has 19 heavy (non-hydrogen) atoms. The van der Waals surface area contributed by atoms with Crippen LogP contribution in [-0.2, 0) is 10.0 Å². The van der Waals surface area contributed by atoms with E-state index in [0.717, 1.165) is 0 Å². The number of halogens is 2. The van der Waals surface area contributed by atoms with Gasteiger partial charge in [0, 0.05) is 16.5 Å². The summed E-state index contributed by atoms with van der Waals surface area (Å²) >= 11 is 9.14. The lowest BCUT2D eigenvalue weighted by Crippen LogP contribution is -2.26. The van der Waals surface area contributed by atoms with Crippen molar-refractivity contribution >= 4 is 43.2 Å². The van der Waals surface area contributed by atoms with Crippen LogP contribution in [0.15, 0.2) is 57.9 Å². The molecule has 0 aromatic heterocycles. The van der Waals surface area contributed by atoms with Crippen LogP contribution in [0.25, 0.3) is 0 Å². The van der Waals surface area contributed by atoms with Crippen LogP contribution in [0.4, 0.5) is 5.69 Å². The van der Waals surface area contributed by atoms with E-state index >= 15 is 0 Å². The molecule has 0 aliphatic rings. The lowest BCUT2D eigenvalue weighted by molar-refractivity contribution is 0.594. The second-order valence-electron chi connectivity index (χ2n) is 3.88. The van der Waals surface area contributed by atoms with Crippen LogP contribution < -0.4 is 4.31 Å². The normalized spacial score (nSPS) is 11.3. The van der Waals surface area contributed by atoms with Gasteiger partial charge in [0.15, 0.2) is 0 Å². The van der Waals surface area contributed by atoms with Gasteiger partial charge in [0.2, 0.25) is 0 Å². The van der Waals surface area contributed by atoms with Gasteiger partial charge >= 0.3 is 0 Å². The van der Waals surface area contributed by atoms with Gasteiger partial charge in [-0.15, -0.1) is 0 Å². The van der Waals surface area contributed by atoms with E-state index in [4.69, 9.17) is 11.6 Å². The summed E-state index contributed by atoms with van der Waals surface area (Å²) in [6, 6.07) is 13.4. The van der Waals surface area contributed by atoms with Gasteiger partial charge in [-0.3, -0.25) is 4.31 Å². The molecule has 0 unspecified atom stereocenters. The smallest absolute Gasteiger partial charge is 0.265 e. The molecule has 2 aromatic rings. The highest BCUT2D eigenvalue weighted by Gasteiger charge is 2.23. The standard InChI is InChI=1S/C13H11BrClNO2S/c1-16(11-6-4-5-10(15)9-11)19(17,18)13-8-3-2-7-12(13)14/h2-9H,1H3. The summed E-state index contributed by atoms with van der Waals surface area (Å²) in [5.41, 5.74) is 0.517. The fourth-order valence-electron chi connectivity index (χ4n) is 1.61. The molecule has 0 aliphatic heterocycles. The summed E-state index contributed by atoms with van der Waals surface area (Å²) in [6.45, 7) is 0. The Balaban J connectivity index is 2.49. The largest absolute Gasteiger partial charge is 0.269 e. The maximum absolute atomic E-state index is 12.5. The molecular formula is C13H11BrClNO2S. The van der Waals surface area contributed by atoms with Gasteiger partial charge in [0.25, 0.3) is 10.0 Å². The Kier molecular flexibility index (Phi) is 4.18. The maximum Gasteiger partial charge on any atom is 0.265 e. The van der Waals surface area contributed by atoms with E-state index in [-0.39, 0.29) is 4.90 Å². The van der Waals surface area contributed by atoms with E-state index in [1.807, 2.05) is 0 Å². The summed E-state index contributed by atoms with van der Waals surface area (Å²) in [6.07, 6.45) is 0. The molecule has 6 heteroatoms. The Morgan fingerprint density at radius 1 is 1.11 bits per heavy atom. The zero-order chi connectivity index (χ0) is 14.0. The van der Waals surface area contributed by atoms with E-state index < -0.39 is 10.0 Å².